The molecule has 0 spiro atoms. The Morgan fingerprint density at radius 2 is 1.64 bits per heavy atom. The molecule has 0 atom stereocenters. The number of furan rings is 1. The molecule has 0 aliphatic carbocycles. The fraction of sp³-hybridized carbons (Fsp3) is 0.611. The minimum atomic E-state index is -0.122. The molecule has 0 N–H and O–H groups in total. The van der Waals surface area contributed by atoms with Crippen LogP contribution in [-0.4, -0.2) is 71.7 Å². The molecule has 136 valence electrons. The molecule has 2 saturated heterocycles. The van der Waals surface area contributed by atoms with Crippen molar-refractivity contribution in [2.75, 3.05) is 39.3 Å². The van der Waals surface area contributed by atoms with Crippen molar-refractivity contribution in [1.29, 1.82) is 0 Å². The molecule has 7 heteroatoms. The summed E-state index contributed by atoms with van der Waals surface area (Å²) < 4.78 is 5.15. The van der Waals surface area contributed by atoms with E-state index >= 15 is 0 Å². The maximum Gasteiger partial charge on any atom is 0.289 e. The molecule has 0 radical (unpaired) electrons. The van der Waals surface area contributed by atoms with Crippen LogP contribution < -0.4 is 0 Å². The number of amides is 3. The molecule has 0 saturated carbocycles. The van der Waals surface area contributed by atoms with E-state index in [1.54, 1.807) is 17.0 Å². The molecule has 1 aromatic heterocycles. The van der Waals surface area contributed by atoms with E-state index in [0.29, 0.717) is 51.4 Å². The lowest BCUT2D eigenvalue weighted by atomic mass is 9.94. The summed E-state index contributed by atoms with van der Waals surface area (Å²) in [7, 11) is 0. The highest BCUT2D eigenvalue weighted by atomic mass is 16.3. The Morgan fingerprint density at radius 1 is 1.00 bits per heavy atom. The normalized spacial score (nSPS) is 19.2. The first kappa shape index (κ1) is 17.5. The Kier molecular flexibility index (Phi) is 5.40. The summed E-state index contributed by atoms with van der Waals surface area (Å²) >= 11 is 0. The maximum absolute atomic E-state index is 12.7. The molecule has 0 bridgehead atoms. The molecular weight excluding hydrogens is 322 g/mol. The van der Waals surface area contributed by atoms with Crippen molar-refractivity contribution in [3.05, 3.63) is 24.2 Å². The lowest BCUT2D eigenvalue weighted by molar-refractivity contribution is -0.141. The zero-order valence-electron chi connectivity index (χ0n) is 14.6. The monoisotopic (exact) mass is 347 g/mol. The first-order valence-electron chi connectivity index (χ1n) is 8.99. The number of carbonyl (C=O) groups is 3. The SMILES string of the molecule is CCC(=O)N1CCC(C(=O)N2CCN(C(=O)c3ccco3)CC2)CC1. The van der Waals surface area contributed by atoms with Crippen molar-refractivity contribution in [1.82, 2.24) is 14.7 Å². The summed E-state index contributed by atoms with van der Waals surface area (Å²) in [5, 5.41) is 0. The molecule has 3 amide bonds. The fourth-order valence-electron chi connectivity index (χ4n) is 3.54. The minimum absolute atomic E-state index is 0.00627. The molecular formula is C18H25N3O4. The number of hydrogen-bond donors (Lipinski definition) is 0. The smallest absolute Gasteiger partial charge is 0.289 e. The van der Waals surface area contributed by atoms with Crippen LogP contribution in [0.3, 0.4) is 0 Å². The van der Waals surface area contributed by atoms with Gasteiger partial charge in [-0.15, -0.1) is 0 Å². The highest BCUT2D eigenvalue weighted by molar-refractivity contribution is 5.91. The second-order valence-corrected chi connectivity index (χ2v) is 6.60. The van der Waals surface area contributed by atoms with Gasteiger partial charge in [0.15, 0.2) is 5.76 Å². The van der Waals surface area contributed by atoms with Crippen molar-refractivity contribution < 1.29 is 18.8 Å². The van der Waals surface area contributed by atoms with Crippen LogP contribution in [0.5, 0.6) is 0 Å². The number of piperidine rings is 1. The molecule has 3 rings (SSSR count). The Hall–Kier alpha value is -2.31. The predicted molar refractivity (Wildman–Crippen MR) is 90.8 cm³/mol. The van der Waals surface area contributed by atoms with Gasteiger partial charge in [-0.3, -0.25) is 14.4 Å². The average Bonchev–Trinajstić information content (AvgIpc) is 3.21. The third kappa shape index (κ3) is 3.86. The van der Waals surface area contributed by atoms with E-state index in [-0.39, 0.29) is 23.6 Å². The van der Waals surface area contributed by atoms with Crippen molar-refractivity contribution in [2.45, 2.75) is 26.2 Å². The van der Waals surface area contributed by atoms with Crippen LogP contribution in [-0.2, 0) is 9.59 Å². The molecule has 7 nitrogen and oxygen atoms in total. The first-order valence-corrected chi connectivity index (χ1v) is 8.99. The zero-order chi connectivity index (χ0) is 17.8. The van der Waals surface area contributed by atoms with Crippen molar-refractivity contribution in [3.8, 4) is 0 Å². The number of piperazine rings is 1. The Bertz CT molecular complexity index is 612. The average molecular weight is 347 g/mol. The van der Waals surface area contributed by atoms with E-state index in [1.807, 2.05) is 16.7 Å². The first-order chi connectivity index (χ1) is 12.1. The van der Waals surface area contributed by atoms with E-state index in [2.05, 4.69) is 0 Å². The van der Waals surface area contributed by atoms with Gasteiger partial charge in [-0.1, -0.05) is 6.92 Å². The third-order valence-corrected chi connectivity index (χ3v) is 5.11. The highest BCUT2D eigenvalue weighted by Crippen LogP contribution is 2.21. The Balaban J connectivity index is 1.47. The Morgan fingerprint density at radius 3 is 2.20 bits per heavy atom. The van der Waals surface area contributed by atoms with Crippen LogP contribution in [0.4, 0.5) is 0 Å². The maximum atomic E-state index is 12.7. The van der Waals surface area contributed by atoms with Gasteiger partial charge in [0.05, 0.1) is 6.26 Å². The van der Waals surface area contributed by atoms with Crippen LogP contribution in [0.2, 0.25) is 0 Å². The lowest BCUT2D eigenvalue weighted by Gasteiger charge is -2.38. The predicted octanol–water partition coefficient (Wildman–Crippen LogP) is 1.21. The highest BCUT2D eigenvalue weighted by Gasteiger charge is 2.32. The van der Waals surface area contributed by atoms with Gasteiger partial charge in [-0.05, 0) is 25.0 Å². The fourth-order valence-corrected chi connectivity index (χ4v) is 3.54. The van der Waals surface area contributed by atoms with Crippen molar-refractivity contribution >= 4 is 17.7 Å². The second-order valence-electron chi connectivity index (χ2n) is 6.60. The van der Waals surface area contributed by atoms with Crippen LogP contribution >= 0.6 is 0 Å². The number of nitrogens with zero attached hydrogens (tertiary/aromatic N) is 3. The molecule has 1 aromatic rings. The molecule has 2 aliphatic rings. The largest absolute Gasteiger partial charge is 0.459 e. The number of hydrogen-bond acceptors (Lipinski definition) is 4. The molecule has 0 aromatic carbocycles. The number of carbonyl (C=O) groups excluding carboxylic acids is 3. The lowest BCUT2D eigenvalue weighted by Crippen LogP contribution is -2.53. The van der Waals surface area contributed by atoms with Crippen LogP contribution in [0.25, 0.3) is 0 Å². The van der Waals surface area contributed by atoms with Crippen LogP contribution in [0.15, 0.2) is 22.8 Å². The quantitative estimate of drug-likeness (QED) is 0.824. The van der Waals surface area contributed by atoms with E-state index in [9.17, 15) is 14.4 Å². The standard InChI is InChI=1S/C18H25N3O4/c1-2-16(22)19-7-5-14(6-8-19)17(23)20-9-11-21(12-10-20)18(24)15-4-3-13-25-15/h3-4,13-14H,2,5-12H2,1H3. The van der Waals surface area contributed by atoms with Crippen molar-refractivity contribution in [2.24, 2.45) is 5.92 Å². The van der Waals surface area contributed by atoms with Crippen LogP contribution in [0, 0.1) is 5.92 Å². The molecule has 3 heterocycles. The molecule has 0 unspecified atom stereocenters. The van der Waals surface area contributed by atoms with Crippen LogP contribution in [0.1, 0.15) is 36.7 Å². The van der Waals surface area contributed by atoms with Gasteiger partial charge >= 0.3 is 0 Å². The second kappa shape index (κ2) is 7.72. The summed E-state index contributed by atoms with van der Waals surface area (Å²) in [6.45, 7) is 5.36. The Labute approximate surface area is 147 Å². The van der Waals surface area contributed by atoms with Gasteiger partial charge in [-0.25, -0.2) is 0 Å². The number of likely N-dealkylation sites (tertiary alicyclic amines) is 1. The minimum Gasteiger partial charge on any atom is -0.459 e. The molecule has 25 heavy (non-hydrogen) atoms. The van der Waals surface area contributed by atoms with Gasteiger partial charge in [0, 0.05) is 51.6 Å². The summed E-state index contributed by atoms with van der Waals surface area (Å²) in [5.74, 6) is 0.536. The van der Waals surface area contributed by atoms with Gasteiger partial charge in [0.25, 0.3) is 5.91 Å². The van der Waals surface area contributed by atoms with Gasteiger partial charge in [-0.2, -0.15) is 0 Å². The molecule has 2 aliphatic heterocycles. The summed E-state index contributed by atoms with van der Waals surface area (Å²) in [5.41, 5.74) is 0. The summed E-state index contributed by atoms with van der Waals surface area (Å²) in [6, 6.07) is 3.36. The van der Waals surface area contributed by atoms with Gasteiger partial charge in [0.1, 0.15) is 0 Å². The third-order valence-electron chi connectivity index (χ3n) is 5.11. The van der Waals surface area contributed by atoms with E-state index in [0.717, 1.165) is 12.8 Å². The summed E-state index contributed by atoms with van der Waals surface area (Å²) in [4.78, 5) is 42.1. The topological polar surface area (TPSA) is 74.1 Å². The number of rotatable bonds is 3. The van der Waals surface area contributed by atoms with E-state index < -0.39 is 0 Å². The van der Waals surface area contributed by atoms with E-state index in [4.69, 9.17) is 4.42 Å². The van der Waals surface area contributed by atoms with E-state index in [1.165, 1.54) is 6.26 Å². The zero-order valence-corrected chi connectivity index (χ0v) is 14.6. The van der Waals surface area contributed by atoms with Gasteiger partial charge in [0.2, 0.25) is 11.8 Å². The van der Waals surface area contributed by atoms with Crippen molar-refractivity contribution in [3.63, 3.8) is 0 Å². The summed E-state index contributed by atoms with van der Waals surface area (Å²) in [6.07, 6.45) is 3.47. The molecule has 2 fully saturated rings. The van der Waals surface area contributed by atoms with Gasteiger partial charge < -0.3 is 19.1 Å².